The molecule has 1 aromatic rings. The average Bonchev–Trinajstić information content (AvgIpc) is 2.74. The van der Waals surface area contributed by atoms with Crippen molar-refractivity contribution in [1.82, 2.24) is 15.5 Å². The maximum Gasteiger partial charge on any atom is 0.254 e. The number of amides is 1. The Kier molecular flexibility index (Phi) is 10.7. The van der Waals surface area contributed by atoms with Crippen LogP contribution >= 0.6 is 0 Å². The normalized spacial score (nSPS) is 14.3. The van der Waals surface area contributed by atoms with Gasteiger partial charge in [-0.05, 0) is 38.7 Å². The van der Waals surface area contributed by atoms with Gasteiger partial charge >= 0.3 is 0 Å². The lowest BCUT2D eigenvalue weighted by Crippen LogP contribution is -2.43. The minimum Gasteiger partial charge on any atom is -0.369 e. The zero-order chi connectivity index (χ0) is 20.9. The molecule has 1 aromatic carbocycles. The van der Waals surface area contributed by atoms with Crippen molar-refractivity contribution in [3.63, 3.8) is 0 Å². The highest BCUT2D eigenvalue weighted by Gasteiger charge is 2.23. The predicted molar refractivity (Wildman–Crippen MR) is 109 cm³/mol. The molecule has 2 rings (SSSR count). The third-order valence-electron chi connectivity index (χ3n) is 4.43. The van der Waals surface area contributed by atoms with E-state index in [0.29, 0.717) is 24.4 Å². The van der Waals surface area contributed by atoms with E-state index in [-0.39, 0.29) is 18.4 Å². The van der Waals surface area contributed by atoms with Crippen LogP contribution in [0.15, 0.2) is 18.2 Å². The maximum absolute atomic E-state index is 12.7. The monoisotopic (exact) mass is 390 g/mol. The molecule has 1 unspecified atom stereocenters. The number of carbonyl (C=O) groups is 4. The van der Waals surface area contributed by atoms with Crippen molar-refractivity contribution in [3.8, 4) is 0 Å². The topological polar surface area (TPSA) is 98.8 Å². The van der Waals surface area contributed by atoms with Crippen molar-refractivity contribution in [2.45, 2.75) is 18.9 Å². The summed E-state index contributed by atoms with van der Waals surface area (Å²) in [5.41, 5.74) is 1.46. The Labute approximate surface area is 166 Å². The number of hydrogen-bond donors (Lipinski definition) is 2. The molecule has 0 spiro atoms. The fourth-order valence-corrected chi connectivity index (χ4v) is 2.89. The molecule has 154 valence electrons. The minimum atomic E-state index is -0.690. The van der Waals surface area contributed by atoms with Gasteiger partial charge in [0.2, 0.25) is 0 Å². The molecule has 8 nitrogen and oxygen atoms in total. The second-order valence-corrected chi connectivity index (χ2v) is 6.49. The highest BCUT2D eigenvalue weighted by molar-refractivity contribution is 6.02. The second kappa shape index (κ2) is 12.7. The van der Waals surface area contributed by atoms with E-state index in [0.717, 1.165) is 31.9 Å². The fourth-order valence-electron chi connectivity index (χ4n) is 2.89. The maximum atomic E-state index is 12.7. The Morgan fingerprint density at radius 3 is 2.43 bits per heavy atom. The molecule has 0 aromatic heterocycles. The quantitative estimate of drug-likeness (QED) is 0.619. The smallest absolute Gasteiger partial charge is 0.254 e. The molecule has 1 aliphatic rings. The van der Waals surface area contributed by atoms with Gasteiger partial charge in [0.1, 0.15) is 12.6 Å². The van der Waals surface area contributed by atoms with Gasteiger partial charge in [0.05, 0.1) is 11.6 Å². The van der Waals surface area contributed by atoms with Crippen LogP contribution in [0, 0.1) is 0 Å². The summed E-state index contributed by atoms with van der Waals surface area (Å²) in [6, 6.07) is 4.47. The van der Waals surface area contributed by atoms with E-state index < -0.39 is 11.9 Å². The molecule has 1 heterocycles. The average molecular weight is 390 g/mol. The number of benzene rings is 1. The zero-order valence-electron chi connectivity index (χ0n) is 16.8. The summed E-state index contributed by atoms with van der Waals surface area (Å²) >= 11 is 0. The van der Waals surface area contributed by atoms with E-state index in [2.05, 4.69) is 15.5 Å². The minimum absolute atomic E-state index is 0.198. The summed E-state index contributed by atoms with van der Waals surface area (Å²) < 4.78 is 0. The molecular formula is C20H30N4O4. The SMILES string of the molecule is CN(C(=O)c1ccc(N2CCNCC2)cc1C=O)C(C=O)CCC=O.CNC. The highest BCUT2D eigenvalue weighted by atomic mass is 16.2. The first kappa shape index (κ1) is 23.5. The van der Waals surface area contributed by atoms with Crippen LogP contribution in [0.1, 0.15) is 33.6 Å². The summed E-state index contributed by atoms with van der Waals surface area (Å²) in [6.45, 7) is 3.42. The zero-order valence-corrected chi connectivity index (χ0v) is 16.8. The van der Waals surface area contributed by atoms with Crippen LogP contribution in [-0.2, 0) is 9.59 Å². The van der Waals surface area contributed by atoms with Gasteiger partial charge in [0.15, 0.2) is 6.29 Å². The Hall–Kier alpha value is -2.58. The van der Waals surface area contributed by atoms with Gasteiger partial charge in [-0.3, -0.25) is 9.59 Å². The molecule has 8 heteroatoms. The van der Waals surface area contributed by atoms with E-state index in [9.17, 15) is 19.2 Å². The van der Waals surface area contributed by atoms with Crippen LogP contribution in [0.25, 0.3) is 0 Å². The van der Waals surface area contributed by atoms with E-state index in [1.807, 2.05) is 20.2 Å². The number of hydrogen-bond acceptors (Lipinski definition) is 7. The predicted octanol–water partition coefficient (Wildman–Crippen LogP) is 0.363. The first-order valence-electron chi connectivity index (χ1n) is 9.33. The number of carbonyl (C=O) groups excluding carboxylic acids is 4. The molecule has 0 saturated carbocycles. The van der Waals surface area contributed by atoms with Crippen molar-refractivity contribution in [2.24, 2.45) is 0 Å². The molecule has 1 aliphatic heterocycles. The number of anilines is 1. The highest BCUT2D eigenvalue weighted by Crippen LogP contribution is 2.21. The molecule has 0 aliphatic carbocycles. The van der Waals surface area contributed by atoms with Gasteiger partial charge in [0, 0.05) is 50.9 Å². The number of nitrogens with one attached hydrogen (secondary N) is 2. The standard InChI is InChI=1S/C18H23N3O4.C2H7N/c1-20(16(13-24)3-2-10-22)18(25)17-5-4-15(11-14(17)12-23)21-8-6-19-7-9-21;1-3-2/h4-5,10-13,16,19H,2-3,6-9H2,1H3;3H,1-2H3. The summed E-state index contributed by atoms with van der Waals surface area (Å²) in [5, 5.41) is 6.01. The summed E-state index contributed by atoms with van der Waals surface area (Å²) in [6.07, 6.45) is 2.49. The Morgan fingerprint density at radius 2 is 1.89 bits per heavy atom. The van der Waals surface area contributed by atoms with Crippen LogP contribution in [-0.4, -0.2) is 83.0 Å². The number of likely N-dealkylation sites (N-methyl/N-ethyl adjacent to an activating group) is 1. The van der Waals surface area contributed by atoms with E-state index >= 15 is 0 Å². The van der Waals surface area contributed by atoms with Crippen LogP contribution in [0.5, 0.6) is 0 Å². The van der Waals surface area contributed by atoms with Crippen LogP contribution in [0.3, 0.4) is 0 Å². The summed E-state index contributed by atoms with van der Waals surface area (Å²) in [5.74, 6) is -0.406. The number of piperazine rings is 1. The Balaban J connectivity index is 0.00000122. The van der Waals surface area contributed by atoms with Crippen LogP contribution in [0.2, 0.25) is 0 Å². The van der Waals surface area contributed by atoms with Gasteiger partial charge in [-0.1, -0.05) is 0 Å². The van der Waals surface area contributed by atoms with Crippen molar-refractivity contribution in [2.75, 3.05) is 52.2 Å². The first-order valence-corrected chi connectivity index (χ1v) is 9.33. The Bertz CT molecular complexity index is 660. The third kappa shape index (κ3) is 6.54. The van der Waals surface area contributed by atoms with Gasteiger partial charge in [-0.2, -0.15) is 0 Å². The van der Waals surface area contributed by atoms with Gasteiger partial charge in [0.25, 0.3) is 5.91 Å². The molecule has 1 fully saturated rings. The van der Waals surface area contributed by atoms with Crippen molar-refractivity contribution in [3.05, 3.63) is 29.3 Å². The molecule has 1 saturated heterocycles. The molecule has 0 bridgehead atoms. The second-order valence-electron chi connectivity index (χ2n) is 6.49. The summed E-state index contributed by atoms with van der Waals surface area (Å²) in [7, 11) is 5.25. The Morgan fingerprint density at radius 1 is 1.25 bits per heavy atom. The van der Waals surface area contributed by atoms with Gasteiger partial charge in [-0.15, -0.1) is 0 Å². The van der Waals surface area contributed by atoms with Crippen molar-refractivity contribution >= 4 is 30.5 Å². The molecular weight excluding hydrogens is 360 g/mol. The van der Waals surface area contributed by atoms with E-state index in [1.54, 1.807) is 12.1 Å². The van der Waals surface area contributed by atoms with Crippen LogP contribution in [0.4, 0.5) is 5.69 Å². The largest absolute Gasteiger partial charge is 0.369 e. The fraction of sp³-hybridized carbons (Fsp3) is 0.500. The van der Waals surface area contributed by atoms with E-state index in [1.165, 1.54) is 11.9 Å². The van der Waals surface area contributed by atoms with E-state index in [4.69, 9.17) is 0 Å². The van der Waals surface area contributed by atoms with Crippen molar-refractivity contribution < 1.29 is 19.2 Å². The lowest BCUT2D eigenvalue weighted by molar-refractivity contribution is -0.112. The molecule has 28 heavy (non-hydrogen) atoms. The number of rotatable bonds is 8. The van der Waals surface area contributed by atoms with Gasteiger partial charge < -0.3 is 30.0 Å². The summed E-state index contributed by atoms with van der Waals surface area (Å²) in [4.78, 5) is 49.3. The third-order valence-corrected chi connectivity index (χ3v) is 4.43. The number of aldehydes is 3. The lowest BCUT2D eigenvalue weighted by atomic mass is 10.0. The first-order chi connectivity index (χ1) is 13.5. The molecule has 0 radical (unpaired) electrons. The van der Waals surface area contributed by atoms with Crippen molar-refractivity contribution in [1.29, 1.82) is 0 Å². The molecule has 1 atom stereocenters. The van der Waals surface area contributed by atoms with Gasteiger partial charge in [-0.25, -0.2) is 0 Å². The number of nitrogens with zero attached hydrogens (tertiary/aromatic N) is 2. The molecule has 1 amide bonds. The van der Waals surface area contributed by atoms with Crippen LogP contribution < -0.4 is 15.5 Å². The lowest BCUT2D eigenvalue weighted by Gasteiger charge is -2.30. The molecule has 2 N–H and O–H groups in total.